The van der Waals surface area contributed by atoms with E-state index in [4.69, 9.17) is 9.47 Å². The first-order valence-electron chi connectivity index (χ1n) is 9.55. The number of nitrogens with zero attached hydrogens (tertiary/aromatic N) is 3. The minimum absolute atomic E-state index is 0.0527. The molecule has 146 valence electrons. The fourth-order valence-corrected chi connectivity index (χ4v) is 4.61. The second-order valence-corrected chi connectivity index (χ2v) is 7.65. The molecule has 0 unspecified atom stereocenters. The van der Waals surface area contributed by atoms with Crippen molar-refractivity contribution in [2.45, 2.75) is 30.7 Å². The molecule has 1 spiro atoms. The van der Waals surface area contributed by atoms with Crippen molar-refractivity contribution in [3.8, 4) is 0 Å². The van der Waals surface area contributed by atoms with Gasteiger partial charge in [-0.2, -0.15) is 0 Å². The first-order chi connectivity index (χ1) is 13.0. The molecule has 3 aliphatic heterocycles. The van der Waals surface area contributed by atoms with Gasteiger partial charge in [-0.1, -0.05) is 30.3 Å². The Kier molecular flexibility index (Phi) is 4.92. The van der Waals surface area contributed by atoms with Gasteiger partial charge in [0.05, 0.1) is 32.2 Å². The molecule has 0 N–H and O–H groups in total. The summed E-state index contributed by atoms with van der Waals surface area (Å²) >= 11 is 0. The van der Waals surface area contributed by atoms with Gasteiger partial charge in [0.15, 0.2) is 5.72 Å². The third-order valence-electron chi connectivity index (χ3n) is 6.00. The normalized spacial score (nSPS) is 29.5. The Bertz CT molecular complexity index is 712. The predicted molar refractivity (Wildman–Crippen MR) is 98.8 cm³/mol. The van der Waals surface area contributed by atoms with Crippen LogP contribution in [0, 0.1) is 0 Å². The van der Waals surface area contributed by atoms with E-state index in [9.17, 15) is 9.59 Å². The molecular formula is C20H27N3O4. The maximum absolute atomic E-state index is 12.9. The van der Waals surface area contributed by atoms with Gasteiger partial charge in [0.1, 0.15) is 6.10 Å². The number of rotatable bonds is 6. The molecule has 0 bridgehead atoms. The lowest BCUT2D eigenvalue weighted by molar-refractivity contribution is -0.143. The molecule has 7 nitrogen and oxygen atoms in total. The summed E-state index contributed by atoms with van der Waals surface area (Å²) in [6.45, 7) is 2.81. The fraction of sp³-hybridized carbons (Fsp3) is 0.600. The Hall–Kier alpha value is -1.96. The molecule has 7 heteroatoms. The summed E-state index contributed by atoms with van der Waals surface area (Å²) in [7, 11) is 3.56. The van der Waals surface area contributed by atoms with E-state index in [2.05, 4.69) is 0 Å². The van der Waals surface area contributed by atoms with Gasteiger partial charge >= 0.3 is 0 Å². The van der Waals surface area contributed by atoms with Crippen molar-refractivity contribution in [1.82, 2.24) is 14.7 Å². The van der Waals surface area contributed by atoms with Crippen molar-refractivity contribution in [2.24, 2.45) is 0 Å². The molecule has 1 aromatic carbocycles. The van der Waals surface area contributed by atoms with Crippen LogP contribution < -0.4 is 0 Å². The molecule has 0 aromatic heterocycles. The highest BCUT2D eigenvalue weighted by molar-refractivity contribution is 5.85. The molecule has 4 rings (SSSR count). The van der Waals surface area contributed by atoms with Crippen LogP contribution in [-0.4, -0.2) is 85.2 Å². The number of amides is 2. The summed E-state index contributed by atoms with van der Waals surface area (Å²) in [6, 6.07) is 9.82. The second-order valence-electron chi connectivity index (χ2n) is 7.65. The Labute approximate surface area is 159 Å². The van der Waals surface area contributed by atoms with Crippen LogP contribution in [0.25, 0.3) is 0 Å². The number of benzene rings is 1. The molecule has 3 aliphatic rings. The van der Waals surface area contributed by atoms with Crippen LogP contribution in [0.3, 0.4) is 0 Å². The zero-order chi connectivity index (χ0) is 19.0. The number of hydrogen-bond acceptors (Lipinski definition) is 5. The molecule has 0 radical (unpaired) electrons. The number of likely N-dealkylation sites (tertiary alicyclic amines) is 1. The first-order valence-corrected chi connectivity index (χ1v) is 9.55. The van der Waals surface area contributed by atoms with Crippen LogP contribution in [-0.2, 0) is 19.1 Å². The van der Waals surface area contributed by atoms with Gasteiger partial charge in [-0.15, -0.1) is 0 Å². The van der Waals surface area contributed by atoms with Gasteiger partial charge in [0.2, 0.25) is 11.8 Å². The molecule has 3 saturated heterocycles. The summed E-state index contributed by atoms with van der Waals surface area (Å²) in [5.41, 5.74) is 0.426. The molecule has 0 saturated carbocycles. The maximum atomic E-state index is 12.9. The molecule has 1 aromatic rings. The molecule has 3 atom stereocenters. The number of carbonyl (C=O) groups is 2. The van der Waals surface area contributed by atoms with Gasteiger partial charge in [0.25, 0.3) is 0 Å². The largest absolute Gasteiger partial charge is 0.383 e. The van der Waals surface area contributed by atoms with E-state index >= 15 is 0 Å². The summed E-state index contributed by atoms with van der Waals surface area (Å²) in [6.07, 6.45) is 0.910. The zero-order valence-corrected chi connectivity index (χ0v) is 16.0. The van der Waals surface area contributed by atoms with Crippen molar-refractivity contribution in [3.63, 3.8) is 0 Å². The van der Waals surface area contributed by atoms with E-state index in [-0.39, 0.29) is 24.0 Å². The van der Waals surface area contributed by atoms with Crippen LogP contribution in [0.1, 0.15) is 24.5 Å². The zero-order valence-electron chi connectivity index (χ0n) is 16.0. The van der Waals surface area contributed by atoms with Crippen molar-refractivity contribution in [2.75, 3.05) is 46.9 Å². The summed E-state index contributed by atoms with van der Waals surface area (Å²) < 4.78 is 11.6. The van der Waals surface area contributed by atoms with Gasteiger partial charge in [0, 0.05) is 26.6 Å². The SMILES string of the molecule is COCCN(C)CC(=O)N1CC[C@@]23O[C@@H](c4ccccc4)CN2C(=O)C[C@@H]13. The highest BCUT2D eigenvalue weighted by Gasteiger charge is 2.64. The van der Waals surface area contributed by atoms with E-state index in [1.165, 1.54) is 0 Å². The molecule has 3 fully saturated rings. The van der Waals surface area contributed by atoms with Gasteiger partial charge in [-0.05, 0) is 12.6 Å². The summed E-state index contributed by atoms with van der Waals surface area (Å²) in [5, 5.41) is 0. The Morgan fingerprint density at radius 2 is 2.15 bits per heavy atom. The highest BCUT2D eigenvalue weighted by Crippen LogP contribution is 2.50. The average molecular weight is 373 g/mol. The Balaban J connectivity index is 1.49. The molecule has 0 aliphatic carbocycles. The minimum atomic E-state index is -0.654. The molecule has 3 heterocycles. The predicted octanol–water partition coefficient (Wildman–Crippen LogP) is 0.866. The highest BCUT2D eigenvalue weighted by atomic mass is 16.5. The van der Waals surface area contributed by atoms with E-state index in [0.717, 1.165) is 5.56 Å². The van der Waals surface area contributed by atoms with Crippen molar-refractivity contribution in [3.05, 3.63) is 35.9 Å². The number of hydrogen-bond donors (Lipinski definition) is 0. The molecular weight excluding hydrogens is 346 g/mol. The Morgan fingerprint density at radius 1 is 1.37 bits per heavy atom. The molecule has 27 heavy (non-hydrogen) atoms. The smallest absolute Gasteiger partial charge is 0.237 e. The van der Waals surface area contributed by atoms with E-state index in [1.54, 1.807) is 7.11 Å². The van der Waals surface area contributed by atoms with Crippen LogP contribution in [0.5, 0.6) is 0 Å². The average Bonchev–Trinajstić information content (AvgIpc) is 3.29. The van der Waals surface area contributed by atoms with E-state index in [0.29, 0.717) is 45.6 Å². The van der Waals surface area contributed by atoms with Gasteiger partial charge in [-0.25, -0.2) is 0 Å². The topological polar surface area (TPSA) is 62.3 Å². The second kappa shape index (κ2) is 7.22. The third-order valence-corrected chi connectivity index (χ3v) is 6.00. The number of methoxy groups -OCH3 is 1. The maximum Gasteiger partial charge on any atom is 0.237 e. The standard InChI is InChI=1S/C20H27N3O4/c1-21(10-11-26-2)14-19(25)22-9-8-20-17(22)12-18(24)23(20)13-16(27-20)15-6-4-3-5-7-15/h3-7,16-17H,8-14H2,1-2H3/t16-,17-,20+/m1/s1. The lowest BCUT2D eigenvalue weighted by atomic mass is 10.1. The lowest BCUT2D eigenvalue weighted by Crippen LogP contribution is -2.50. The number of carbonyl (C=O) groups excluding carboxylic acids is 2. The van der Waals surface area contributed by atoms with Gasteiger partial charge in [-0.3, -0.25) is 14.5 Å². The number of ether oxygens (including phenoxy) is 2. The monoisotopic (exact) mass is 373 g/mol. The van der Waals surface area contributed by atoms with Crippen LogP contribution in [0.15, 0.2) is 30.3 Å². The lowest BCUT2D eigenvalue weighted by Gasteiger charge is -2.32. The fourth-order valence-electron chi connectivity index (χ4n) is 4.61. The minimum Gasteiger partial charge on any atom is -0.383 e. The Morgan fingerprint density at radius 3 is 2.89 bits per heavy atom. The van der Waals surface area contributed by atoms with E-state index < -0.39 is 5.72 Å². The first kappa shape index (κ1) is 18.4. The van der Waals surface area contributed by atoms with Crippen molar-refractivity contribution in [1.29, 1.82) is 0 Å². The van der Waals surface area contributed by atoms with Crippen molar-refractivity contribution < 1.29 is 19.1 Å². The summed E-state index contributed by atoms with van der Waals surface area (Å²) in [4.78, 5) is 31.2. The van der Waals surface area contributed by atoms with Crippen LogP contribution in [0.4, 0.5) is 0 Å². The van der Waals surface area contributed by atoms with E-state index in [1.807, 2.05) is 52.1 Å². The van der Waals surface area contributed by atoms with Crippen LogP contribution >= 0.6 is 0 Å². The van der Waals surface area contributed by atoms with Crippen molar-refractivity contribution >= 4 is 11.8 Å². The quantitative estimate of drug-likeness (QED) is 0.740. The third kappa shape index (κ3) is 3.13. The number of likely N-dealkylation sites (N-methyl/N-ethyl adjacent to an activating group) is 1. The summed E-state index contributed by atoms with van der Waals surface area (Å²) in [5.74, 6) is 0.139. The van der Waals surface area contributed by atoms with Crippen LogP contribution in [0.2, 0.25) is 0 Å². The molecule has 2 amide bonds. The van der Waals surface area contributed by atoms with Gasteiger partial charge < -0.3 is 19.3 Å².